The fourth-order valence-corrected chi connectivity index (χ4v) is 4.72. The molecule has 0 aliphatic rings. The molecule has 0 saturated carbocycles. The number of benzene rings is 1. The third-order valence-corrected chi connectivity index (χ3v) is 6.36. The molecule has 4 aromatic heterocycles. The van der Waals surface area contributed by atoms with Crippen molar-refractivity contribution in [2.45, 2.75) is 0 Å². The van der Waals surface area contributed by atoms with E-state index in [0.717, 1.165) is 27.0 Å². The van der Waals surface area contributed by atoms with E-state index < -0.39 is 0 Å². The number of nitrogens with one attached hydrogen (secondary N) is 2. The highest BCUT2D eigenvalue weighted by atomic mass is 32.1. The number of thiophene rings is 1. The Morgan fingerprint density at radius 1 is 1.00 bits per heavy atom. The second kappa shape index (κ2) is 7.66. The van der Waals surface area contributed by atoms with E-state index in [0.29, 0.717) is 16.3 Å². The van der Waals surface area contributed by atoms with E-state index in [-0.39, 0.29) is 5.91 Å². The number of nitrogens with zero attached hydrogens (tertiary/aromatic N) is 2. The van der Waals surface area contributed by atoms with Gasteiger partial charge < -0.3 is 20.8 Å². The maximum Gasteiger partial charge on any atom is 0.265 e. The number of aromatic nitrogens is 2. The Morgan fingerprint density at radius 3 is 2.77 bits per heavy atom. The van der Waals surface area contributed by atoms with Crippen LogP contribution in [0.1, 0.15) is 9.67 Å². The summed E-state index contributed by atoms with van der Waals surface area (Å²) in [5.74, 6) is -0.189. The maximum atomic E-state index is 12.5. The first-order chi connectivity index (χ1) is 14.7. The number of nitrogens with two attached hydrogens (primary N) is 1. The molecule has 6 nitrogen and oxygen atoms in total. The van der Waals surface area contributed by atoms with Crippen LogP contribution < -0.4 is 16.4 Å². The van der Waals surface area contributed by atoms with Gasteiger partial charge in [-0.15, -0.1) is 22.7 Å². The zero-order valence-electron chi connectivity index (χ0n) is 15.7. The number of hydrogen-bond acceptors (Lipinski definition) is 6. The fraction of sp³-hybridized carbons (Fsp3) is 0. The van der Waals surface area contributed by atoms with Crippen molar-refractivity contribution in [3.8, 4) is 11.4 Å². The van der Waals surface area contributed by atoms with Crippen LogP contribution in [0.4, 0.5) is 21.5 Å². The predicted molar refractivity (Wildman–Crippen MR) is 125 cm³/mol. The quantitative estimate of drug-likeness (QED) is 0.312. The molecule has 4 N–H and O–H groups in total. The molecular formula is C22H17N5OS2. The van der Waals surface area contributed by atoms with Crippen molar-refractivity contribution in [2.24, 2.45) is 0 Å². The molecule has 0 aliphatic heterocycles. The van der Waals surface area contributed by atoms with Gasteiger partial charge >= 0.3 is 0 Å². The van der Waals surface area contributed by atoms with Gasteiger partial charge in [-0.2, -0.15) is 0 Å². The number of fused-ring (bicyclic) bond motifs is 1. The van der Waals surface area contributed by atoms with Gasteiger partial charge in [-0.25, -0.2) is 4.98 Å². The van der Waals surface area contributed by atoms with E-state index >= 15 is 0 Å². The summed E-state index contributed by atoms with van der Waals surface area (Å²) in [6, 6.07) is 21.1. The Kier molecular flexibility index (Phi) is 4.70. The lowest BCUT2D eigenvalue weighted by molar-refractivity contribution is 0.103. The summed E-state index contributed by atoms with van der Waals surface area (Å²) in [6.07, 6.45) is 2.03. The second-order valence-electron chi connectivity index (χ2n) is 6.58. The van der Waals surface area contributed by atoms with Crippen molar-refractivity contribution in [3.05, 3.63) is 83.2 Å². The lowest BCUT2D eigenvalue weighted by atomic mass is 10.2. The largest absolute Gasteiger partial charge is 0.397 e. The summed E-state index contributed by atoms with van der Waals surface area (Å²) < 4.78 is 2.11. The Bertz CT molecular complexity index is 1350. The number of nitrogen functional groups attached to an aromatic ring is 1. The second-order valence-corrected chi connectivity index (χ2v) is 8.52. The molecule has 0 saturated heterocycles. The molecule has 1 amide bonds. The van der Waals surface area contributed by atoms with Crippen molar-refractivity contribution < 1.29 is 4.79 Å². The third kappa shape index (κ3) is 3.54. The van der Waals surface area contributed by atoms with E-state index in [1.165, 1.54) is 22.7 Å². The number of carbonyl (C=O) groups is 1. The summed E-state index contributed by atoms with van der Waals surface area (Å²) in [5.41, 5.74) is 10.1. The van der Waals surface area contributed by atoms with Gasteiger partial charge in [-0.05, 0) is 48.5 Å². The molecule has 5 rings (SSSR count). The van der Waals surface area contributed by atoms with Crippen molar-refractivity contribution in [1.82, 2.24) is 9.38 Å². The highest BCUT2D eigenvalue weighted by molar-refractivity contribution is 7.19. The number of amides is 1. The zero-order valence-corrected chi connectivity index (χ0v) is 17.3. The number of para-hydroxylation sites is 2. The predicted octanol–water partition coefficient (Wildman–Crippen LogP) is 5.70. The molecule has 30 heavy (non-hydrogen) atoms. The molecule has 0 fully saturated rings. The van der Waals surface area contributed by atoms with Crippen LogP contribution in [0.15, 0.2) is 78.3 Å². The molecule has 0 aliphatic carbocycles. The summed E-state index contributed by atoms with van der Waals surface area (Å²) in [5, 5.41) is 9.79. The first-order valence-electron chi connectivity index (χ1n) is 9.22. The SMILES string of the molecule is Nc1ccccc1NC(=O)c1ccc(Nc2nc(-c3ccc4ccccn34)cs2)s1. The third-order valence-electron chi connectivity index (χ3n) is 4.60. The van der Waals surface area contributed by atoms with Gasteiger partial charge in [0.2, 0.25) is 0 Å². The summed E-state index contributed by atoms with van der Waals surface area (Å²) in [6.45, 7) is 0. The molecule has 0 atom stereocenters. The van der Waals surface area contributed by atoms with Gasteiger partial charge in [0, 0.05) is 17.1 Å². The normalized spacial score (nSPS) is 10.9. The zero-order chi connectivity index (χ0) is 20.5. The van der Waals surface area contributed by atoms with Crippen molar-refractivity contribution in [1.29, 1.82) is 0 Å². The minimum absolute atomic E-state index is 0.189. The standard InChI is InChI=1S/C22H17N5OS2/c23-15-6-1-2-7-16(15)24-21(28)19-10-11-20(30-19)26-22-25-17(13-29-22)18-9-8-14-5-3-4-12-27(14)18/h1-13H,23H2,(H,24,28)(H,25,26). The molecule has 0 bridgehead atoms. The van der Waals surface area contributed by atoms with Crippen LogP contribution in [0.3, 0.4) is 0 Å². The number of rotatable bonds is 5. The van der Waals surface area contributed by atoms with Crippen LogP contribution in [0.2, 0.25) is 0 Å². The fourth-order valence-electron chi connectivity index (χ4n) is 3.14. The van der Waals surface area contributed by atoms with E-state index in [1.807, 2.05) is 41.9 Å². The molecule has 8 heteroatoms. The van der Waals surface area contributed by atoms with E-state index in [1.54, 1.807) is 18.2 Å². The van der Waals surface area contributed by atoms with Crippen LogP contribution in [0.5, 0.6) is 0 Å². The summed E-state index contributed by atoms with van der Waals surface area (Å²) in [7, 11) is 0. The highest BCUT2D eigenvalue weighted by Crippen LogP contribution is 2.31. The van der Waals surface area contributed by atoms with Crippen molar-refractivity contribution >= 4 is 55.6 Å². The van der Waals surface area contributed by atoms with E-state index in [9.17, 15) is 4.79 Å². The number of anilines is 4. The molecular weight excluding hydrogens is 414 g/mol. The average Bonchev–Trinajstić information content (AvgIpc) is 3.49. The van der Waals surface area contributed by atoms with Gasteiger partial charge in [-0.3, -0.25) is 4.79 Å². The smallest absolute Gasteiger partial charge is 0.265 e. The van der Waals surface area contributed by atoms with Crippen molar-refractivity contribution in [2.75, 3.05) is 16.4 Å². The Morgan fingerprint density at radius 2 is 1.87 bits per heavy atom. The van der Waals surface area contributed by atoms with Crippen molar-refractivity contribution in [3.63, 3.8) is 0 Å². The monoisotopic (exact) mass is 431 g/mol. The lowest BCUT2D eigenvalue weighted by Crippen LogP contribution is -2.11. The summed E-state index contributed by atoms with van der Waals surface area (Å²) in [4.78, 5) is 17.8. The Hall–Kier alpha value is -3.62. The van der Waals surface area contributed by atoms with E-state index in [2.05, 4.69) is 33.2 Å². The van der Waals surface area contributed by atoms with Gasteiger partial charge in [0.05, 0.1) is 26.9 Å². The lowest BCUT2D eigenvalue weighted by Gasteiger charge is -2.06. The summed E-state index contributed by atoms with van der Waals surface area (Å²) >= 11 is 2.90. The highest BCUT2D eigenvalue weighted by Gasteiger charge is 2.13. The van der Waals surface area contributed by atoms with Gasteiger partial charge in [0.25, 0.3) is 5.91 Å². The minimum Gasteiger partial charge on any atom is -0.397 e. The van der Waals surface area contributed by atoms with Crippen LogP contribution in [0.25, 0.3) is 16.9 Å². The molecule has 148 valence electrons. The number of carbonyl (C=O) groups excluding carboxylic acids is 1. The number of thiazole rings is 1. The Labute approximate surface area is 180 Å². The van der Waals surface area contributed by atoms with Crippen LogP contribution in [-0.4, -0.2) is 15.3 Å². The topological polar surface area (TPSA) is 84.4 Å². The average molecular weight is 432 g/mol. The minimum atomic E-state index is -0.189. The van der Waals surface area contributed by atoms with Crippen LogP contribution in [-0.2, 0) is 0 Å². The number of hydrogen-bond donors (Lipinski definition) is 3. The molecule has 5 aromatic rings. The van der Waals surface area contributed by atoms with Gasteiger partial charge in [0.15, 0.2) is 5.13 Å². The Balaban J connectivity index is 1.31. The molecule has 0 radical (unpaired) electrons. The molecule has 0 unspecified atom stereocenters. The maximum absolute atomic E-state index is 12.5. The van der Waals surface area contributed by atoms with Crippen LogP contribution >= 0.6 is 22.7 Å². The first kappa shape index (κ1) is 18.4. The van der Waals surface area contributed by atoms with Crippen LogP contribution in [0, 0.1) is 0 Å². The first-order valence-corrected chi connectivity index (χ1v) is 10.9. The van der Waals surface area contributed by atoms with E-state index in [4.69, 9.17) is 10.7 Å². The van der Waals surface area contributed by atoms with Gasteiger partial charge in [-0.1, -0.05) is 18.2 Å². The molecule has 4 heterocycles. The number of pyridine rings is 1. The molecule has 0 spiro atoms. The molecule has 1 aromatic carbocycles. The van der Waals surface area contributed by atoms with Gasteiger partial charge in [0.1, 0.15) is 5.69 Å².